The Morgan fingerprint density at radius 2 is 1.85 bits per heavy atom. The number of carbonyl (C=O) groups excluding carboxylic acids is 3. The highest BCUT2D eigenvalue weighted by atomic mass is 35.5. The maximum atomic E-state index is 13.8. The van der Waals surface area contributed by atoms with E-state index in [1.807, 2.05) is 50.2 Å². The second-order valence-electron chi connectivity index (χ2n) is 11.5. The van der Waals surface area contributed by atoms with Crippen molar-refractivity contribution in [3.05, 3.63) is 77.0 Å². The number of likely N-dealkylation sites (tertiary alicyclic amines) is 1. The molecule has 2 fully saturated rings. The molecule has 0 radical (unpaired) electrons. The van der Waals surface area contributed by atoms with Crippen LogP contribution in [0.25, 0.3) is 22.0 Å². The SMILES string of the molecule is CC(=O)c1nn(CC(=O)N2C3C[C@]3(C)C[C@H]2C(=O)N[C@@H](C)c2cccc(Cl)c2)c2ccc(-c3cnc(C)nc3)cc12. The molecule has 6 rings (SSSR count). The Morgan fingerprint density at radius 3 is 2.56 bits per heavy atom. The lowest BCUT2D eigenvalue weighted by molar-refractivity contribution is -0.140. The number of Topliss-reactive ketones (excluding diaryl/α,β-unsaturated/α-hetero) is 1. The normalized spacial score (nSPS) is 21.9. The van der Waals surface area contributed by atoms with Crippen LogP contribution in [-0.2, 0) is 16.1 Å². The lowest BCUT2D eigenvalue weighted by Crippen LogP contribution is -2.49. The molecule has 2 aromatic heterocycles. The molecular weight excluding hydrogens is 540 g/mol. The quantitative estimate of drug-likeness (QED) is 0.316. The third-order valence-corrected chi connectivity index (χ3v) is 8.65. The Balaban J connectivity index is 1.26. The number of halogens is 1. The van der Waals surface area contributed by atoms with Crippen molar-refractivity contribution in [2.24, 2.45) is 5.41 Å². The fourth-order valence-electron chi connectivity index (χ4n) is 6.02. The number of ketones is 1. The average Bonchev–Trinajstić information content (AvgIpc) is 3.30. The van der Waals surface area contributed by atoms with Crippen LogP contribution in [-0.4, -0.2) is 54.3 Å². The zero-order chi connectivity index (χ0) is 29.1. The van der Waals surface area contributed by atoms with E-state index >= 15 is 0 Å². The van der Waals surface area contributed by atoms with Gasteiger partial charge in [0.05, 0.1) is 11.6 Å². The van der Waals surface area contributed by atoms with Gasteiger partial charge in [-0.1, -0.05) is 36.7 Å². The molecule has 0 spiro atoms. The summed E-state index contributed by atoms with van der Waals surface area (Å²) in [5, 5.41) is 8.88. The first-order valence-corrected chi connectivity index (χ1v) is 14.1. The zero-order valence-corrected chi connectivity index (χ0v) is 24.1. The van der Waals surface area contributed by atoms with Crippen LogP contribution in [0.15, 0.2) is 54.9 Å². The van der Waals surface area contributed by atoms with Crippen molar-refractivity contribution in [3.8, 4) is 11.1 Å². The first-order chi connectivity index (χ1) is 19.5. The maximum absolute atomic E-state index is 13.8. The van der Waals surface area contributed by atoms with Crippen molar-refractivity contribution in [2.45, 2.75) is 65.2 Å². The lowest BCUT2D eigenvalue weighted by atomic mass is 10.0. The van der Waals surface area contributed by atoms with E-state index in [1.54, 1.807) is 28.0 Å². The van der Waals surface area contributed by atoms with Gasteiger partial charge in [-0.3, -0.25) is 19.1 Å². The van der Waals surface area contributed by atoms with E-state index in [2.05, 4.69) is 27.3 Å². The van der Waals surface area contributed by atoms with Crippen molar-refractivity contribution in [3.63, 3.8) is 0 Å². The largest absolute Gasteiger partial charge is 0.348 e. The highest BCUT2D eigenvalue weighted by molar-refractivity contribution is 6.30. The number of hydrogen-bond acceptors (Lipinski definition) is 6. The third kappa shape index (κ3) is 4.99. The predicted molar refractivity (Wildman–Crippen MR) is 155 cm³/mol. The van der Waals surface area contributed by atoms with E-state index in [-0.39, 0.29) is 41.6 Å². The fraction of sp³-hybridized carbons (Fsp3) is 0.355. The molecule has 3 heterocycles. The van der Waals surface area contributed by atoms with Crippen molar-refractivity contribution < 1.29 is 14.4 Å². The summed E-state index contributed by atoms with van der Waals surface area (Å²) in [7, 11) is 0. The molecule has 1 aliphatic carbocycles. The molecule has 41 heavy (non-hydrogen) atoms. The summed E-state index contributed by atoms with van der Waals surface area (Å²) in [6.07, 6.45) is 4.96. The van der Waals surface area contributed by atoms with Gasteiger partial charge in [0.2, 0.25) is 11.8 Å². The summed E-state index contributed by atoms with van der Waals surface area (Å²) in [5.41, 5.74) is 3.47. The molecule has 2 amide bonds. The van der Waals surface area contributed by atoms with Crippen molar-refractivity contribution in [1.82, 2.24) is 30.0 Å². The highest BCUT2D eigenvalue weighted by Crippen LogP contribution is 2.59. The molecule has 10 heteroatoms. The van der Waals surface area contributed by atoms with E-state index < -0.39 is 6.04 Å². The van der Waals surface area contributed by atoms with Gasteiger partial charge in [-0.25, -0.2) is 9.97 Å². The minimum Gasteiger partial charge on any atom is -0.348 e. The molecule has 0 bridgehead atoms. The Labute approximate surface area is 242 Å². The van der Waals surface area contributed by atoms with Crippen LogP contribution in [0, 0.1) is 12.3 Å². The summed E-state index contributed by atoms with van der Waals surface area (Å²) >= 11 is 6.15. The summed E-state index contributed by atoms with van der Waals surface area (Å²) < 4.78 is 1.57. The molecule has 1 saturated carbocycles. The average molecular weight is 571 g/mol. The van der Waals surface area contributed by atoms with E-state index in [9.17, 15) is 14.4 Å². The van der Waals surface area contributed by atoms with Crippen molar-refractivity contribution in [2.75, 3.05) is 0 Å². The van der Waals surface area contributed by atoms with Crippen LogP contribution in [0.1, 0.15) is 61.5 Å². The highest BCUT2D eigenvalue weighted by Gasteiger charge is 2.64. The molecule has 2 aliphatic rings. The lowest BCUT2D eigenvalue weighted by Gasteiger charge is -2.28. The minimum absolute atomic E-state index is 0.00877. The summed E-state index contributed by atoms with van der Waals surface area (Å²) in [5.74, 6) is 0.105. The zero-order valence-electron chi connectivity index (χ0n) is 23.4. The van der Waals surface area contributed by atoms with Gasteiger partial charge in [-0.2, -0.15) is 5.10 Å². The van der Waals surface area contributed by atoms with Crippen LogP contribution < -0.4 is 5.32 Å². The molecule has 9 nitrogen and oxygen atoms in total. The number of rotatable bonds is 7. The second-order valence-corrected chi connectivity index (χ2v) is 11.9. The molecule has 4 atom stereocenters. The minimum atomic E-state index is -0.574. The van der Waals surface area contributed by atoms with Crippen LogP contribution in [0.5, 0.6) is 0 Å². The fourth-order valence-corrected chi connectivity index (χ4v) is 6.22. The van der Waals surface area contributed by atoms with Gasteiger partial charge in [0.25, 0.3) is 0 Å². The molecule has 2 aromatic carbocycles. The van der Waals surface area contributed by atoms with Crippen LogP contribution in [0.2, 0.25) is 5.02 Å². The Hall–Kier alpha value is -4.11. The van der Waals surface area contributed by atoms with Gasteiger partial charge in [0, 0.05) is 41.3 Å². The number of fused-ring (bicyclic) bond motifs is 2. The van der Waals surface area contributed by atoms with Gasteiger partial charge in [-0.15, -0.1) is 0 Å². The number of nitrogens with zero attached hydrogens (tertiary/aromatic N) is 5. The van der Waals surface area contributed by atoms with Crippen molar-refractivity contribution in [1.29, 1.82) is 0 Å². The van der Waals surface area contributed by atoms with Gasteiger partial charge >= 0.3 is 0 Å². The second kappa shape index (κ2) is 10.1. The van der Waals surface area contributed by atoms with E-state index in [0.29, 0.717) is 33.9 Å². The van der Waals surface area contributed by atoms with E-state index in [1.165, 1.54) is 6.92 Å². The number of aromatic nitrogens is 4. The number of hydrogen-bond donors (Lipinski definition) is 1. The van der Waals surface area contributed by atoms with Gasteiger partial charge in [-0.05, 0) is 67.5 Å². The molecule has 1 unspecified atom stereocenters. The van der Waals surface area contributed by atoms with Crippen molar-refractivity contribution >= 4 is 40.1 Å². The maximum Gasteiger partial charge on any atom is 0.245 e. The molecule has 1 saturated heterocycles. The smallest absolute Gasteiger partial charge is 0.245 e. The van der Waals surface area contributed by atoms with Gasteiger partial charge in [0.15, 0.2) is 5.78 Å². The topological polar surface area (TPSA) is 110 Å². The predicted octanol–water partition coefficient (Wildman–Crippen LogP) is 4.91. The number of benzene rings is 2. The number of amides is 2. The van der Waals surface area contributed by atoms with Gasteiger partial charge in [0.1, 0.15) is 24.1 Å². The van der Waals surface area contributed by atoms with Crippen LogP contribution >= 0.6 is 11.6 Å². The van der Waals surface area contributed by atoms with E-state index in [4.69, 9.17) is 11.6 Å². The molecule has 4 aromatic rings. The van der Waals surface area contributed by atoms with E-state index in [0.717, 1.165) is 23.1 Å². The Kier molecular flexibility index (Phi) is 6.65. The Bertz CT molecular complexity index is 1700. The van der Waals surface area contributed by atoms with Gasteiger partial charge < -0.3 is 10.2 Å². The summed E-state index contributed by atoms with van der Waals surface area (Å²) in [6.45, 7) is 7.24. The molecule has 1 N–H and O–H groups in total. The molecule has 1 aliphatic heterocycles. The van der Waals surface area contributed by atoms with Crippen LogP contribution in [0.3, 0.4) is 0 Å². The standard InChI is InChI=1S/C31H31ClN6O3/c1-17(20-6-5-7-23(32)10-20)35-30(41)26-12-31(4)13-27(31)38(26)28(40)16-37-25-9-8-21(22-14-33-19(3)34-15-22)11-24(25)29(36-37)18(2)39/h5-11,14-15,17,26-27H,12-13,16H2,1-4H3,(H,35,41)/t17-,26-,27?,31-/m0/s1. The molecular formula is C31H31ClN6O3. The number of piperidine rings is 1. The van der Waals surface area contributed by atoms with Crippen LogP contribution in [0.4, 0.5) is 0 Å². The monoisotopic (exact) mass is 570 g/mol. The number of aryl methyl sites for hydroxylation is 1. The first-order valence-electron chi connectivity index (χ1n) is 13.7. The third-order valence-electron chi connectivity index (χ3n) is 8.42. The number of carbonyl (C=O) groups is 3. The summed E-state index contributed by atoms with van der Waals surface area (Å²) in [4.78, 5) is 50.1. The summed E-state index contributed by atoms with van der Waals surface area (Å²) in [6, 6.07) is 12.2. The first kappa shape index (κ1) is 27.1. The number of nitrogens with one attached hydrogen (secondary N) is 1. The molecule has 210 valence electrons. The Morgan fingerprint density at radius 1 is 1.10 bits per heavy atom.